The lowest BCUT2D eigenvalue weighted by Gasteiger charge is -2.33. The quantitative estimate of drug-likeness (QED) is 0.681. The second-order valence-corrected chi connectivity index (χ2v) is 9.86. The second-order valence-electron chi connectivity index (χ2n) is 7.95. The molecule has 0 aliphatic carbocycles. The fourth-order valence-corrected chi connectivity index (χ4v) is 5.78. The van der Waals surface area contributed by atoms with Crippen LogP contribution < -0.4 is 0 Å². The number of ether oxygens (including phenoxy) is 1. The van der Waals surface area contributed by atoms with Gasteiger partial charge in [0.1, 0.15) is 0 Å². The minimum atomic E-state index is -3.65. The number of esters is 1. The van der Waals surface area contributed by atoms with Crippen molar-refractivity contribution in [2.24, 2.45) is 0 Å². The Morgan fingerprint density at radius 1 is 1.07 bits per heavy atom. The number of aryl methyl sites for hydroxylation is 1. The molecule has 0 radical (unpaired) electrons. The van der Waals surface area contributed by atoms with Crippen LogP contribution in [0.25, 0.3) is 0 Å². The number of carbonyl (C=O) groups excluding carboxylic acids is 2. The fourth-order valence-electron chi connectivity index (χ4n) is 4.01. The molecule has 2 heterocycles. The van der Waals surface area contributed by atoms with Crippen molar-refractivity contribution in [2.75, 3.05) is 26.2 Å². The Morgan fingerprint density at radius 2 is 1.76 bits per heavy atom. The normalized spacial score (nSPS) is 21.0. The van der Waals surface area contributed by atoms with Gasteiger partial charge in [0.05, 0.1) is 10.5 Å². The smallest absolute Gasteiger partial charge is 0.338 e. The molecule has 0 aromatic heterocycles. The number of amides is 1. The zero-order valence-corrected chi connectivity index (χ0v) is 18.0. The van der Waals surface area contributed by atoms with Gasteiger partial charge in [-0.3, -0.25) is 4.79 Å². The predicted molar refractivity (Wildman–Crippen MR) is 109 cm³/mol. The standard InChI is InChI=1S/C21H30N2O5S/c1-16-9-10-18(14-19(16)29(26,27)22-11-5-3-6-12-22)21(25)28-15-20(24)23-13-7-4-8-17(23)2/h9-10,14,17H,3-8,11-13,15H2,1-2H3/t17-/m1/s1. The molecule has 1 aromatic rings. The van der Waals surface area contributed by atoms with Crippen molar-refractivity contribution in [3.8, 4) is 0 Å². The Hall–Kier alpha value is -1.93. The van der Waals surface area contributed by atoms with E-state index < -0.39 is 16.0 Å². The summed E-state index contributed by atoms with van der Waals surface area (Å²) in [5.74, 6) is -0.892. The summed E-state index contributed by atoms with van der Waals surface area (Å²) in [5, 5.41) is 0. The van der Waals surface area contributed by atoms with Crippen molar-refractivity contribution >= 4 is 21.9 Å². The van der Waals surface area contributed by atoms with E-state index in [2.05, 4.69) is 0 Å². The number of likely N-dealkylation sites (tertiary alicyclic amines) is 1. The van der Waals surface area contributed by atoms with E-state index in [1.807, 2.05) is 6.92 Å². The van der Waals surface area contributed by atoms with Gasteiger partial charge in [-0.05, 0) is 63.6 Å². The van der Waals surface area contributed by atoms with E-state index in [0.29, 0.717) is 25.2 Å². The number of piperidine rings is 2. The molecule has 7 nitrogen and oxygen atoms in total. The third-order valence-corrected chi connectivity index (χ3v) is 7.85. The van der Waals surface area contributed by atoms with Gasteiger partial charge in [-0.2, -0.15) is 4.31 Å². The maximum absolute atomic E-state index is 13.0. The Balaban J connectivity index is 1.70. The first kappa shape index (κ1) is 21.8. The van der Waals surface area contributed by atoms with Crippen LogP contribution in [0, 0.1) is 6.92 Å². The van der Waals surface area contributed by atoms with Crippen LogP contribution in [0.5, 0.6) is 0 Å². The molecule has 1 atom stereocenters. The third kappa shape index (κ3) is 4.98. The summed E-state index contributed by atoms with van der Waals surface area (Å²) in [6, 6.07) is 4.67. The summed E-state index contributed by atoms with van der Waals surface area (Å²) in [5.41, 5.74) is 0.732. The molecule has 8 heteroatoms. The molecule has 0 N–H and O–H groups in total. The first-order valence-electron chi connectivity index (χ1n) is 10.4. The zero-order chi connectivity index (χ0) is 21.0. The third-order valence-electron chi connectivity index (χ3n) is 5.81. The van der Waals surface area contributed by atoms with Gasteiger partial charge in [0.15, 0.2) is 6.61 Å². The monoisotopic (exact) mass is 422 g/mol. The summed E-state index contributed by atoms with van der Waals surface area (Å²) in [4.78, 5) is 26.7. The average molecular weight is 423 g/mol. The molecule has 0 saturated carbocycles. The summed E-state index contributed by atoms with van der Waals surface area (Å²) >= 11 is 0. The summed E-state index contributed by atoms with van der Waals surface area (Å²) in [6.07, 6.45) is 5.73. The van der Waals surface area contributed by atoms with Crippen LogP contribution in [0.15, 0.2) is 23.1 Å². The highest BCUT2D eigenvalue weighted by molar-refractivity contribution is 7.89. The Morgan fingerprint density at radius 3 is 2.45 bits per heavy atom. The van der Waals surface area contributed by atoms with Crippen LogP contribution in [0.1, 0.15) is 61.4 Å². The molecule has 2 saturated heterocycles. The average Bonchev–Trinajstić information content (AvgIpc) is 2.73. The van der Waals surface area contributed by atoms with Crippen LogP contribution in [0.3, 0.4) is 0 Å². The van der Waals surface area contributed by atoms with Crippen LogP contribution >= 0.6 is 0 Å². The second kappa shape index (κ2) is 9.26. The molecule has 0 spiro atoms. The molecule has 2 aliphatic rings. The van der Waals surface area contributed by atoms with Crippen LogP contribution in [0.2, 0.25) is 0 Å². The van der Waals surface area contributed by atoms with E-state index in [-0.39, 0.29) is 29.0 Å². The molecule has 0 unspecified atom stereocenters. The summed E-state index contributed by atoms with van der Waals surface area (Å²) in [7, 11) is -3.65. The van der Waals surface area contributed by atoms with E-state index in [1.165, 1.54) is 10.4 Å². The molecular formula is C21H30N2O5S. The van der Waals surface area contributed by atoms with Gasteiger partial charge >= 0.3 is 5.97 Å². The number of nitrogens with zero attached hydrogens (tertiary/aromatic N) is 2. The van der Waals surface area contributed by atoms with E-state index in [1.54, 1.807) is 24.0 Å². The van der Waals surface area contributed by atoms with Gasteiger partial charge in [-0.1, -0.05) is 12.5 Å². The molecule has 1 aromatic carbocycles. The van der Waals surface area contributed by atoms with E-state index in [0.717, 1.165) is 38.5 Å². The van der Waals surface area contributed by atoms with Gasteiger partial charge in [0, 0.05) is 25.7 Å². The van der Waals surface area contributed by atoms with Gasteiger partial charge < -0.3 is 9.64 Å². The zero-order valence-electron chi connectivity index (χ0n) is 17.2. The number of hydrogen-bond acceptors (Lipinski definition) is 5. The minimum absolute atomic E-state index is 0.129. The first-order chi connectivity index (χ1) is 13.8. The van der Waals surface area contributed by atoms with Gasteiger partial charge in [0.25, 0.3) is 5.91 Å². The van der Waals surface area contributed by atoms with Crippen LogP contribution in [0.4, 0.5) is 0 Å². The number of sulfonamides is 1. The highest BCUT2D eigenvalue weighted by Gasteiger charge is 2.29. The topological polar surface area (TPSA) is 84.0 Å². The van der Waals surface area contributed by atoms with Crippen molar-refractivity contribution in [1.82, 2.24) is 9.21 Å². The number of benzene rings is 1. The lowest BCUT2D eigenvalue weighted by molar-refractivity contribution is -0.137. The first-order valence-corrected chi connectivity index (χ1v) is 11.8. The molecule has 0 bridgehead atoms. The van der Waals surface area contributed by atoms with Crippen LogP contribution in [-0.2, 0) is 19.6 Å². The number of rotatable bonds is 5. The van der Waals surface area contributed by atoms with Gasteiger partial charge in [0.2, 0.25) is 10.0 Å². The van der Waals surface area contributed by atoms with E-state index in [9.17, 15) is 18.0 Å². The molecule has 3 rings (SSSR count). The van der Waals surface area contributed by atoms with E-state index in [4.69, 9.17) is 4.74 Å². The minimum Gasteiger partial charge on any atom is -0.452 e. The van der Waals surface area contributed by atoms with Crippen molar-refractivity contribution in [2.45, 2.75) is 63.3 Å². The largest absolute Gasteiger partial charge is 0.452 e. The maximum Gasteiger partial charge on any atom is 0.338 e. The Bertz CT molecular complexity index is 862. The lowest BCUT2D eigenvalue weighted by atomic mass is 10.0. The summed E-state index contributed by atoms with van der Waals surface area (Å²) < 4.78 is 32.7. The number of carbonyl (C=O) groups is 2. The fraction of sp³-hybridized carbons (Fsp3) is 0.619. The van der Waals surface area contributed by atoms with Crippen molar-refractivity contribution < 1.29 is 22.7 Å². The SMILES string of the molecule is Cc1ccc(C(=O)OCC(=O)N2CCCC[C@H]2C)cc1S(=O)(=O)N1CCCCC1. The number of hydrogen-bond donors (Lipinski definition) is 0. The highest BCUT2D eigenvalue weighted by atomic mass is 32.2. The Kier molecular flexibility index (Phi) is 6.95. The van der Waals surface area contributed by atoms with Crippen molar-refractivity contribution in [3.63, 3.8) is 0 Å². The summed E-state index contributed by atoms with van der Waals surface area (Å²) in [6.45, 7) is 5.06. The molecule has 2 fully saturated rings. The molecule has 2 aliphatic heterocycles. The highest BCUT2D eigenvalue weighted by Crippen LogP contribution is 2.25. The molecule has 160 valence electrons. The van der Waals surface area contributed by atoms with Gasteiger partial charge in [-0.25, -0.2) is 13.2 Å². The van der Waals surface area contributed by atoms with Gasteiger partial charge in [-0.15, -0.1) is 0 Å². The maximum atomic E-state index is 13.0. The van der Waals surface area contributed by atoms with Crippen LogP contribution in [-0.4, -0.2) is 61.8 Å². The molecule has 29 heavy (non-hydrogen) atoms. The van der Waals surface area contributed by atoms with Crippen molar-refractivity contribution in [3.05, 3.63) is 29.3 Å². The Labute approximate surface area is 173 Å². The predicted octanol–water partition coefficient (Wildman–Crippen LogP) is 2.73. The molecule has 1 amide bonds. The van der Waals surface area contributed by atoms with Crippen molar-refractivity contribution in [1.29, 1.82) is 0 Å². The molecular weight excluding hydrogens is 392 g/mol. The lowest BCUT2D eigenvalue weighted by Crippen LogP contribution is -2.44. The van der Waals surface area contributed by atoms with E-state index >= 15 is 0 Å².